The van der Waals surface area contributed by atoms with Crippen LogP contribution >= 0.6 is 24.0 Å². The summed E-state index contributed by atoms with van der Waals surface area (Å²) in [6.07, 6.45) is 2.40. The molecule has 1 amide bonds. The smallest absolute Gasteiger partial charge is 0.237 e. The van der Waals surface area contributed by atoms with Crippen LogP contribution in [0.5, 0.6) is 0 Å². The van der Waals surface area contributed by atoms with Crippen LogP contribution in [0.1, 0.15) is 19.8 Å². The number of anilines is 1. The fourth-order valence-corrected chi connectivity index (χ4v) is 3.36. The van der Waals surface area contributed by atoms with Gasteiger partial charge in [-0.05, 0) is 31.9 Å². The summed E-state index contributed by atoms with van der Waals surface area (Å²) in [5.74, 6) is -0.00209. The average Bonchev–Trinajstić information content (AvgIpc) is 2.93. The molecule has 1 saturated heterocycles. The first kappa shape index (κ1) is 14.3. The summed E-state index contributed by atoms with van der Waals surface area (Å²) < 4.78 is 0.841. The highest BCUT2D eigenvalue weighted by Gasteiger charge is 2.21. The molecule has 19 heavy (non-hydrogen) atoms. The number of carbonyl (C=O) groups excluding carboxylic acids is 1. The summed E-state index contributed by atoms with van der Waals surface area (Å²) in [7, 11) is 0. The molecule has 1 aliphatic heterocycles. The third-order valence-electron chi connectivity index (χ3n) is 3.05. The molecule has 102 valence electrons. The molecule has 1 heterocycles. The minimum atomic E-state index is -0.173. The molecular weight excluding hydrogens is 276 g/mol. The number of para-hydroxylation sites is 1. The van der Waals surface area contributed by atoms with Crippen molar-refractivity contribution in [2.75, 3.05) is 18.4 Å². The van der Waals surface area contributed by atoms with Gasteiger partial charge in [0.15, 0.2) is 0 Å². The maximum absolute atomic E-state index is 12.1. The minimum Gasteiger partial charge on any atom is -0.358 e. The van der Waals surface area contributed by atoms with Crippen LogP contribution in [0.3, 0.4) is 0 Å². The van der Waals surface area contributed by atoms with Gasteiger partial charge in [-0.15, -0.1) is 0 Å². The van der Waals surface area contributed by atoms with Gasteiger partial charge >= 0.3 is 0 Å². The van der Waals surface area contributed by atoms with Crippen LogP contribution in [0.25, 0.3) is 0 Å². The van der Waals surface area contributed by atoms with Gasteiger partial charge in [-0.1, -0.05) is 42.2 Å². The normalized spacial score (nSPS) is 16.2. The van der Waals surface area contributed by atoms with E-state index in [0.717, 1.165) is 23.1 Å². The second-order valence-corrected chi connectivity index (χ2v) is 6.55. The summed E-state index contributed by atoms with van der Waals surface area (Å²) in [5, 5.41) is 2.73. The molecule has 0 radical (unpaired) electrons. The molecular formula is C14H18N2OS2. The monoisotopic (exact) mass is 294 g/mol. The van der Waals surface area contributed by atoms with E-state index < -0.39 is 0 Å². The number of nitrogens with zero attached hydrogens (tertiary/aromatic N) is 1. The molecule has 2 rings (SSSR count). The molecule has 1 aliphatic rings. The lowest BCUT2D eigenvalue weighted by Gasteiger charge is -2.20. The first-order valence-electron chi connectivity index (χ1n) is 6.48. The number of nitrogens with one attached hydrogen (secondary N) is 1. The third-order valence-corrected chi connectivity index (χ3v) is 4.63. The number of rotatable bonds is 3. The van der Waals surface area contributed by atoms with E-state index in [1.165, 1.54) is 24.6 Å². The van der Waals surface area contributed by atoms with Crippen molar-refractivity contribution >= 4 is 39.9 Å². The Hall–Kier alpha value is -1.07. The highest BCUT2D eigenvalue weighted by atomic mass is 32.2. The summed E-state index contributed by atoms with van der Waals surface area (Å²) >= 11 is 6.85. The van der Waals surface area contributed by atoms with Gasteiger partial charge in [0.1, 0.15) is 4.32 Å². The van der Waals surface area contributed by atoms with Gasteiger partial charge in [0.2, 0.25) is 5.91 Å². The molecule has 1 aromatic carbocycles. The zero-order valence-corrected chi connectivity index (χ0v) is 12.6. The molecule has 3 nitrogen and oxygen atoms in total. The molecule has 0 unspecified atom stereocenters. The second-order valence-electron chi connectivity index (χ2n) is 4.58. The Morgan fingerprint density at radius 3 is 2.58 bits per heavy atom. The summed E-state index contributed by atoms with van der Waals surface area (Å²) in [6, 6.07) is 9.50. The number of likely N-dealkylation sites (tertiary alicyclic amines) is 1. The second kappa shape index (κ2) is 6.91. The summed E-state index contributed by atoms with van der Waals surface area (Å²) in [4.78, 5) is 14.2. The Balaban J connectivity index is 1.83. The maximum Gasteiger partial charge on any atom is 0.237 e. The quantitative estimate of drug-likeness (QED) is 0.868. The van der Waals surface area contributed by atoms with E-state index >= 15 is 0 Å². The third kappa shape index (κ3) is 4.21. The number of amides is 1. The zero-order chi connectivity index (χ0) is 13.7. The number of benzene rings is 1. The molecule has 0 aliphatic carbocycles. The van der Waals surface area contributed by atoms with E-state index in [0.29, 0.717) is 0 Å². The van der Waals surface area contributed by atoms with Crippen LogP contribution in [0, 0.1) is 0 Å². The van der Waals surface area contributed by atoms with Crippen molar-refractivity contribution in [3.05, 3.63) is 30.3 Å². The lowest BCUT2D eigenvalue weighted by molar-refractivity contribution is -0.115. The van der Waals surface area contributed by atoms with Crippen LogP contribution in [-0.4, -0.2) is 33.5 Å². The summed E-state index contributed by atoms with van der Waals surface area (Å²) in [5.41, 5.74) is 0.826. The molecule has 1 aromatic rings. The first-order chi connectivity index (χ1) is 9.16. The number of thiocarbonyl (C=S) groups is 1. The van der Waals surface area contributed by atoms with Crippen LogP contribution in [0.15, 0.2) is 30.3 Å². The molecule has 5 heteroatoms. The van der Waals surface area contributed by atoms with E-state index in [1.54, 1.807) is 0 Å². The van der Waals surface area contributed by atoms with E-state index in [-0.39, 0.29) is 11.2 Å². The minimum absolute atomic E-state index is 0.00209. The van der Waals surface area contributed by atoms with Crippen molar-refractivity contribution in [1.82, 2.24) is 4.90 Å². The fourth-order valence-electron chi connectivity index (χ4n) is 1.94. The Labute approximate surface area is 123 Å². The standard InChI is InChI=1S/C14H18N2OS2/c1-11(19-14(18)16-9-5-6-10-16)13(17)15-12-7-3-2-4-8-12/h2-4,7-8,11H,5-6,9-10H2,1H3,(H,15,17)/t11-/m1/s1. The highest BCUT2D eigenvalue weighted by Crippen LogP contribution is 2.21. The van der Waals surface area contributed by atoms with Crippen molar-refractivity contribution in [3.63, 3.8) is 0 Å². The van der Waals surface area contributed by atoms with Crippen LogP contribution in [0.2, 0.25) is 0 Å². The lowest BCUT2D eigenvalue weighted by Crippen LogP contribution is -2.29. The van der Waals surface area contributed by atoms with Crippen molar-refractivity contribution in [3.8, 4) is 0 Å². The average molecular weight is 294 g/mol. The maximum atomic E-state index is 12.1. The molecule has 0 saturated carbocycles. The molecule has 1 atom stereocenters. The van der Waals surface area contributed by atoms with E-state index in [1.807, 2.05) is 37.3 Å². The molecule has 0 aromatic heterocycles. The van der Waals surface area contributed by atoms with Crippen LogP contribution in [0.4, 0.5) is 5.69 Å². The van der Waals surface area contributed by atoms with Gasteiger partial charge in [-0.2, -0.15) is 0 Å². The van der Waals surface area contributed by atoms with Gasteiger partial charge in [-0.3, -0.25) is 4.79 Å². The van der Waals surface area contributed by atoms with Crippen molar-refractivity contribution in [2.45, 2.75) is 25.0 Å². The lowest BCUT2D eigenvalue weighted by atomic mass is 10.3. The van der Waals surface area contributed by atoms with Crippen LogP contribution < -0.4 is 5.32 Å². The van der Waals surface area contributed by atoms with E-state index in [9.17, 15) is 4.79 Å². The van der Waals surface area contributed by atoms with E-state index in [2.05, 4.69) is 10.2 Å². The van der Waals surface area contributed by atoms with E-state index in [4.69, 9.17) is 12.2 Å². The molecule has 1 fully saturated rings. The summed E-state index contributed by atoms with van der Waals surface area (Å²) in [6.45, 7) is 3.95. The molecule has 0 bridgehead atoms. The van der Waals surface area contributed by atoms with Crippen LogP contribution in [-0.2, 0) is 4.79 Å². The molecule has 1 N–H and O–H groups in total. The first-order valence-corrected chi connectivity index (χ1v) is 7.77. The predicted octanol–water partition coefficient (Wildman–Crippen LogP) is 3.13. The SMILES string of the molecule is C[C@@H](SC(=S)N1CCCC1)C(=O)Nc1ccccc1. The van der Waals surface area contributed by atoms with Crippen molar-refractivity contribution in [1.29, 1.82) is 0 Å². The van der Waals surface area contributed by atoms with Gasteiger partial charge in [0.25, 0.3) is 0 Å². The van der Waals surface area contributed by atoms with Gasteiger partial charge in [0.05, 0.1) is 5.25 Å². The van der Waals surface area contributed by atoms with Gasteiger partial charge in [0, 0.05) is 18.8 Å². The fraction of sp³-hybridized carbons (Fsp3) is 0.429. The van der Waals surface area contributed by atoms with Gasteiger partial charge < -0.3 is 10.2 Å². The number of carbonyl (C=O) groups is 1. The predicted molar refractivity (Wildman–Crippen MR) is 85.5 cm³/mol. The number of hydrogen-bond acceptors (Lipinski definition) is 3. The number of hydrogen-bond donors (Lipinski definition) is 1. The Morgan fingerprint density at radius 1 is 1.32 bits per heavy atom. The zero-order valence-electron chi connectivity index (χ0n) is 11.0. The van der Waals surface area contributed by atoms with Crippen molar-refractivity contribution < 1.29 is 4.79 Å². The van der Waals surface area contributed by atoms with Crippen molar-refractivity contribution in [2.24, 2.45) is 0 Å². The Kier molecular flexibility index (Phi) is 5.22. The largest absolute Gasteiger partial charge is 0.358 e. The number of thioether (sulfide) groups is 1. The molecule has 0 spiro atoms. The topological polar surface area (TPSA) is 32.3 Å². The Morgan fingerprint density at radius 2 is 1.95 bits per heavy atom. The van der Waals surface area contributed by atoms with Gasteiger partial charge in [-0.25, -0.2) is 0 Å². The highest BCUT2D eigenvalue weighted by molar-refractivity contribution is 8.23. The Bertz CT molecular complexity index is 444.